The van der Waals surface area contributed by atoms with Gasteiger partial charge in [-0.05, 0) is 38.1 Å². The number of anilines is 1. The summed E-state index contributed by atoms with van der Waals surface area (Å²) in [5.41, 5.74) is 0.832. The number of hydrazone groups is 1. The third kappa shape index (κ3) is 3.83. The number of likely N-dealkylation sites (N-methyl/N-ethyl adjacent to an activating group) is 1. The third-order valence-corrected chi connectivity index (χ3v) is 5.15. The molecule has 2 atom stereocenters. The fraction of sp³-hybridized carbons (Fsp3) is 0.500. The summed E-state index contributed by atoms with van der Waals surface area (Å²) in [5, 5.41) is 19.9. The van der Waals surface area contributed by atoms with Gasteiger partial charge in [0.1, 0.15) is 5.84 Å². The number of rotatable bonds is 2. The lowest BCUT2D eigenvalue weighted by molar-refractivity contribution is -0.127. The van der Waals surface area contributed by atoms with Crippen LogP contribution in [0.4, 0.5) is 5.69 Å². The van der Waals surface area contributed by atoms with Gasteiger partial charge in [-0.25, -0.2) is 0 Å². The van der Waals surface area contributed by atoms with E-state index >= 15 is 0 Å². The Morgan fingerprint density at radius 3 is 2.88 bits per heavy atom. The van der Waals surface area contributed by atoms with Crippen molar-refractivity contribution in [1.82, 2.24) is 10.2 Å². The predicted molar refractivity (Wildman–Crippen MR) is 95.7 cm³/mol. The summed E-state index contributed by atoms with van der Waals surface area (Å²) in [5.74, 6) is 0.505. The van der Waals surface area contributed by atoms with E-state index in [0.29, 0.717) is 48.2 Å². The Bertz CT molecular complexity index is 667. The molecule has 2 aliphatic rings. The molecule has 6 nitrogen and oxygen atoms in total. The minimum Gasteiger partial charge on any atom is -0.393 e. The number of aliphatic hydroxyl groups is 1. The molecule has 2 heterocycles. The SMILES string of the molecule is CN1CC[C@@H](O)C[C@H]1C(=O)NC1=NN(c2ccc(Cl)c(Cl)c2)CC1. The normalized spacial score (nSPS) is 24.8. The molecule has 0 unspecified atom stereocenters. The Hall–Kier alpha value is -1.34. The number of carbonyl (C=O) groups is 1. The monoisotopic (exact) mass is 370 g/mol. The maximum atomic E-state index is 12.5. The number of aliphatic hydroxyl groups excluding tert-OH is 1. The standard InChI is InChI=1S/C16H20Cl2N4O2/c1-21-6-4-11(23)9-14(21)16(24)19-15-5-7-22(20-15)10-2-3-12(17)13(18)8-10/h2-3,8,11,14,23H,4-7,9H2,1H3,(H,19,20,24)/t11-,14+/m1/s1. The lowest BCUT2D eigenvalue weighted by atomic mass is 9.99. The molecule has 0 bridgehead atoms. The lowest BCUT2D eigenvalue weighted by Gasteiger charge is -2.33. The minimum absolute atomic E-state index is 0.119. The maximum Gasteiger partial charge on any atom is 0.242 e. The van der Waals surface area contributed by atoms with Crippen molar-refractivity contribution in [2.45, 2.75) is 31.4 Å². The van der Waals surface area contributed by atoms with Crippen molar-refractivity contribution in [2.24, 2.45) is 5.10 Å². The Kier molecular flexibility index (Phi) is 5.30. The summed E-state index contributed by atoms with van der Waals surface area (Å²) in [4.78, 5) is 14.4. The van der Waals surface area contributed by atoms with Gasteiger partial charge in [0.15, 0.2) is 0 Å². The van der Waals surface area contributed by atoms with Crippen LogP contribution >= 0.6 is 23.2 Å². The Labute approximate surface area is 151 Å². The van der Waals surface area contributed by atoms with Crippen LogP contribution in [-0.4, -0.2) is 54.0 Å². The number of hydrogen-bond acceptors (Lipinski definition) is 5. The fourth-order valence-electron chi connectivity index (χ4n) is 2.97. The van der Waals surface area contributed by atoms with Gasteiger partial charge in [0.05, 0.1) is 27.9 Å². The van der Waals surface area contributed by atoms with Gasteiger partial charge >= 0.3 is 0 Å². The van der Waals surface area contributed by atoms with Crippen molar-refractivity contribution in [3.05, 3.63) is 28.2 Å². The van der Waals surface area contributed by atoms with E-state index in [1.54, 1.807) is 17.1 Å². The zero-order valence-electron chi connectivity index (χ0n) is 13.4. The highest BCUT2D eigenvalue weighted by molar-refractivity contribution is 6.42. The van der Waals surface area contributed by atoms with Crippen LogP contribution < -0.4 is 10.3 Å². The number of nitrogens with zero attached hydrogens (tertiary/aromatic N) is 3. The number of amides is 1. The van der Waals surface area contributed by atoms with Gasteiger partial charge < -0.3 is 10.4 Å². The topological polar surface area (TPSA) is 68.2 Å². The van der Waals surface area contributed by atoms with Gasteiger partial charge in [-0.15, -0.1) is 0 Å². The van der Waals surface area contributed by atoms with E-state index in [1.165, 1.54) is 0 Å². The molecule has 24 heavy (non-hydrogen) atoms. The molecule has 1 aromatic rings. The first-order valence-corrected chi connectivity index (χ1v) is 8.69. The quantitative estimate of drug-likeness (QED) is 0.836. The van der Waals surface area contributed by atoms with E-state index in [-0.39, 0.29) is 11.9 Å². The fourth-order valence-corrected chi connectivity index (χ4v) is 3.27. The van der Waals surface area contributed by atoms with Gasteiger partial charge in [-0.2, -0.15) is 5.10 Å². The second-order valence-corrected chi connectivity index (χ2v) is 7.00. The van der Waals surface area contributed by atoms with Crippen LogP contribution in [0, 0.1) is 0 Å². The molecule has 130 valence electrons. The van der Waals surface area contributed by atoms with Crippen LogP contribution in [0.25, 0.3) is 0 Å². The average molecular weight is 371 g/mol. The van der Waals surface area contributed by atoms with Crippen LogP contribution in [0.1, 0.15) is 19.3 Å². The highest BCUT2D eigenvalue weighted by Crippen LogP contribution is 2.28. The van der Waals surface area contributed by atoms with Crippen molar-refractivity contribution in [3.63, 3.8) is 0 Å². The summed E-state index contributed by atoms with van der Waals surface area (Å²) in [7, 11) is 1.90. The lowest BCUT2D eigenvalue weighted by Crippen LogP contribution is -2.51. The van der Waals surface area contributed by atoms with E-state index < -0.39 is 6.10 Å². The summed E-state index contributed by atoms with van der Waals surface area (Å²) < 4.78 is 0. The number of likely N-dealkylation sites (tertiary alicyclic amines) is 1. The molecule has 1 fully saturated rings. The van der Waals surface area contributed by atoms with E-state index in [4.69, 9.17) is 23.2 Å². The second kappa shape index (κ2) is 7.27. The van der Waals surface area contributed by atoms with Crippen molar-refractivity contribution < 1.29 is 9.90 Å². The summed E-state index contributed by atoms with van der Waals surface area (Å²) in [6.45, 7) is 1.37. The van der Waals surface area contributed by atoms with E-state index in [2.05, 4.69) is 10.4 Å². The number of halogens is 2. The first-order chi connectivity index (χ1) is 11.4. The van der Waals surface area contributed by atoms with Crippen LogP contribution in [0.3, 0.4) is 0 Å². The van der Waals surface area contributed by atoms with E-state index in [0.717, 1.165) is 5.69 Å². The maximum absolute atomic E-state index is 12.5. The number of hydrogen-bond donors (Lipinski definition) is 2. The number of carbonyl (C=O) groups excluding carboxylic acids is 1. The predicted octanol–water partition coefficient (Wildman–Crippen LogP) is 2.09. The minimum atomic E-state index is -0.421. The van der Waals surface area contributed by atoms with Crippen molar-refractivity contribution in [1.29, 1.82) is 0 Å². The second-order valence-electron chi connectivity index (χ2n) is 6.18. The van der Waals surface area contributed by atoms with Crippen LogP contribution in [0.15, 0.2) is 23.3 Å². The van der Waals surface area contributed by atoms with Gasteiger partial charge in [-0.3, -0.25) is 14.7 Å². The van der Waals surface area contributed by atoms with Gasteiger partial charge in [-0.1, -0.05) is 23.2 Å². The Balaban J connectivity index is 1.65. The Morgan fingerprint density at radius 2 is 2.12 bits per heavy atom. The smallest absolute Gasteiger partial charge is 0.242 e. The van der Waals surface area contributed by atoms with Crippen LogP contribution in [0.5, 0.6) is 0 Å². The van der Waals surface area contributed by atoms with Crippen LogP contribution in [0.2, 0.25) is 10.0 Å². The van der Waals surface area contributed by atoms with Crippen molar-refractivity contribution in [2.75, 3.05) is 25.1 Å². The molecule has 0 aliphatic carbocycles. The molecule has 8 heteroatoms. The summed E-state index contributed by atoms with van der Waals surface area (Å²) >= 11 is 12.0. The van der Waals surface area contributed by atoms with Crippen molar-refractivity contribution in [3.8, 4) is 0 Å². The number of amidine groups is 1. The van der Waals surface area contributed by atoms with E-state index in [1.807, 2.05) is 18.0 Å². The zero-order chi connectivity index (χ0) is 17.3. The third-order valence-electron chi connectivity index (χ3n) is 4.42. The highest BCUT2D eigenvalue weighted by Gasteiger charge is 2.31. The molecular weight excluding hydrogens is 351 g/mol. The van der Waals surface area contributed by atoms with Crippen molar-refractivity contribution >= 4 is 40.6 Å². The first-order valence-electron chi connectivity index (χ1n) is 7.93. The molecule has 0 aromatic heterocycles. The van der Waals surface area contributed by atoms with Crippen LogP contribution in [-0.2, 0) is 4.79 Å². The average Bonchev–Trinajstić information content (AvgIpc) is 3.00. The number of piperidine rings is 1. The molecule has 1 amide bonds. The van der Waals surface area contributed by atoms with E-state index in [9.17, 15) is 9.90 Å². The number of nitrogens with one attached hydrogen (secondary N) is 1. The largest absolute Gasteiger partial charge is 0.393 e. The van der Waals surface area contributed by atoms with Gasteiger partial charge in [0.25, 0.3) is 0 Å². The molecule has 0 spiro atoms. The molecule has 2 N–H and O–H groups in total. The Morgan fingerprint density at radius 1 is 1.33 bits per heavy atom. The van der Waals surface area contributed by atoms with Gasteiger partial charge in [0.2, 0.25) is 5.91 Å². The number of benzene rings is 1. The molecule has 0 radical (unpaired) electrons. The molecule has 3 rings (SSSR count). The molecule has 1 saturated heterocycles. The molecule has 2 aliphatic heterocycles. The highest BCUT2D eigenvalue weighted by atomic mass is 35.5. The summed E-state index contributed by atoms with van der Waals surface area (Å²) in [6, 6.07) is 5.00. The zero-order valence-corrected chi connectivity index (χ0v) is 14.9. The molecule has 0 saturated carbocycles. The van der Waals surface area contributed by atoms with Gasteiger partial charge in [0, 0.05) is 19.5 Å². The molecule has 1 aromatic carbocycles. The first kappa shape index (κ1) is 17.5. The summed E-state index contributed by atoms with van der Waals surface area (Å²) in [6.07, 6.45) is 1.37. The molecular formula is C16H20Cl2N4O2.